The van der Waals surface area contributed by atoms with Crippen LogP contribution >= 0.6 is 0 Å². The Hall–Kier alpha value is -2.16. The van der Waals surface area contributed by atoms with Gasteiger partial charge in [-0.25, -0.2) is 4.39 Å². The molecule has 0 aliphatic carbocycles. The van der Waals surface area contributed by atoms with Crippen LogP contribution in [-0.4, -0.2) is 11.3 Å². The number of rotatable bonds is 3. The van der Waals surface area contributed by atoms with Crippen molar-refractivity contribution in [1.82, 2.24) is 0 Å². The average Bonchev–Trinajstić information content (AvgIpc) is 2.34. The Bertz CT molecular complexity index is 537. The third-order valence-corrected chi connectivity index (χ3v) is 2.39. The van der Waals surface area contributed by atoms with E-state index in [9.17, 15) is 9.50 Å². The van der Waals surface area contributed by atoms with E-state index in [1.807, 2.05) is 6.07 Å². The molecule has 2 nitrogen and oxygen atoms in total. The van der Waals surface area contributed by atoms with Crippen LogP contribution in [0.25, 0.3) is 0 Å². The molecular formula is C14H12FNO. The van der Waals surface area contributed by atoms with Crippen LogP contribution in [0.1, 0.15) is 11.1 Å². The molecule has 0 aliphatic heterocycles. The van der Waals surface area contributed by atoms with Crippen LogP contribution in [0.3, 0.4) is 0 Å². The monoisotopic (exact) mass is 229 g/mol. The molecule has 2 aromatic rings. The maximum atomic E-state index is 13.3. The molecule has 0 radical (unpaired) electrons. The van der Waals surface area contributed by atoms with E-state index in [-0.39, 0.29) is 18.1 Å². The molecule has 0 unspecified atom stereocenters. The lowest BCUT2D eigenvalue weighted by Crippen LogP contribution is -1.88. The van der Waals surface area contributed by atoms with E-state index in [0.29, 0.717) is 11.1 Å². The van der Waals surface area contributed by atoms with Crippen molar-refractivity contribution in [2.24, 2.45) is 4.99 Å². The van der Waals surface area contributed by atoms with Gasteiger partial charge >= 0.3 is 0 Å². The van der Waals surface area contributed by atoms with Crippen LogP contribution in [0.4, 0.5) is 4.39 Å². The number of phenols is 1. The van der Waals surface area contributed by atoms with Crippen LogP contribution in [0, 0.1) is 5.82 Å². The van der Waals surface area contributed by atoms with Gasteiger partial charge < -0.3 is 5.11 Å². The summed E-state index contributed by atoms with van der Waals surface area (Å²) < 4.78 is 13.3. The molecule has 0 aliphatic rings. The minimum atomic E-state index is -0.262. The first-order valence-electron chi connectivity index (χ1n) is 5.28. The van der Waals surface area contributed by atoms with Gasteiger partial charge in [-0.15, -0.1) is 0 Å². The Morgan fingerprint density at radius 3 is 2.53 bits per heavy atom. The van der Waals surface area contributed by atoms with E-state index in [2.05, 4.69) is 4.99 Å². The van der Waals surface area contributed by atoms with Gasteiger partial charge in [-0.1, -0.05) is 30.3 Å². The minimum absolute atomic E-state index is 0.171. The molecule has 2 aromatic carbocycles. The second-order valence-corrected chi connectivity index (χ2v) is 3.62. The van der Waals surface area contributed by atoms with Gasteiger partial charge in [0.2, 0.25) is 0 Å². The highest BCUT2D eigenvalue weighted by atomic mass is 19.1. The number of hydrogen-bond acceptors (Lipinski definition) is 2. The fraction of sp³-hybridized carbons (Fsp3) is 0.0714. The Kier molecular flexibility index (Phi) is 3.50. The van der Waals surface area contributed by atoms with Crippen LogP contribution in [0.5, 0.6) is 5.75 Å². The number of halogens is 1. The van der Waals surface area contributed by atoms with Gasteiger partial charge in [0.15, 0.2) is 0 Å². The number of benzene rings is 2. The molecule has 0 heterocycles. The zero-order chi connectivity index (χ0) is 12.1. The van der Waals surface area contributed by atoms with Gasteiger partial charge in [0.25, 0.3) is 0 Å². The van der Waals surface area contributed by atoms with Crippen molar-refractivity contribution in [2.75, 3.05) is 0 Å². The average molecular weight is 229 g/mol. The molecular weight excluding hydrogens is 217 g/mol. The molecule has 0 saturated carbocycles. The van der Waals surface area contributed by atoms with Crippen molar-refractivity contribution in [2.45, 2.75) is 6.54 Å². The largest absolute Gasteiger partial charge is 0.507 e. The summed E-state index contributed by atoms with van der Waals surface area (Å²) in [4.78, 5) is 4.11. The van der Waals surface area contributed by atoms with Crippen molar-refractivity contribution in [3.05, 3.63) is 65.5 Å². The minimum Gasteiger partial charge on any atom is -0.507 e. The molecule has 86 valence electrons. The second kappa shape index (κ2) is 5.25. The van der Waals surface area contributed by atoms with Gasteiger partial charge in [0.1, 0.15) is 11.6 Å². The van der Waals surface area contributed by atoms with Gasteiger partial charge in [-0.05, 0) is 18.2 Å². The Balaban J connectivity index is 2.09. The summed E-state index contributed by atoms with van der Waals surface area (Å²) in [5.74, 6) is -0.0910. The summed E-state index contributed by atoms with van der Waals surface area (Å²) in [6.07, 6.45) is 1.54. The van der Waals surface area contributed by atoms with Crippen LogP contribution in [0.2, 0.25) is 0 Å². The van der Waals surface area contributed by atoms with Crippen molar-refractivity contribution < 1.29 is 9.50 Å². The Morgan fingerprint density at radius 1 is 1.06 bits per heavy atom. The van der Waals surface area contributed by atoms with Crippen molar-refractivity contribution in [3.8, 4) is 5.75 Å². The predicted octanol–water partition coefficient (Wildman–Crippen LogP) is 3.15. The Labute approximate surface area is 99.1 Å². The summed E-state index contributed by atoms with van der Waals surface area (Å²) in [7, 11) is 0. The molecule has 1 N–H and O–H groups in total. The maximum absolute atomic E-state index is 13.3. The lowest BCUT2D eigenvalue weighted by molar-refractivity contribution is 0.474. The van der Waals surface area contributed by atoms with Gasteiger partial charge in [-0.2, -0.15) is 0 Å². The summed E-state index contributed by atoms with van der Waals surface area (Å²) in [6, 6.07) is 13.4. The highest BCUT2D eigenvalue weighted by Gasteiger charge is 1.98. The lowest BCUT2D eigenvalue weighted by Gasteiger charge is -1.99. The van der Waals surface area contributed by atoms with Gasteiger partial charge in [0.05, 0.1) is 6.54 Å². The second-order valence-electron chi connectivity index (χ2n) is 3.62. The molecule has 0 spiro atoms. The number of hydrogen-bond donors (Lipinski definition) is 1. The molecule has 2 rings (SSSR count). The van der Waals surface area contributed by atoms with E-state index in [4.69, 9.17) is 0 Å². The smallest absolute Gasteiger partial charge is 0.128 e. The summed E-state index contributed by atoms with van der Waals surface area (Å²) >= 11 is 0. The lowest BCUT2D eigenvalue weighted by atomic mass is 10.2. The fourth-order valence-corrected chi connectivity index (χ4v) is 1.47. The van der Waals surface area contributed by atoms with Gasteiger partial charge in [0, 0.05) is 17.3 Å². The van der Waals surface area contributed by atoms with Crippen LogP contribution in [0.15, 0.2) is 53.5 Å². The zero-order valence-electron chi connectivity index (χ0n) is 9.18. The first-order valence-corrected chi connectivity index (χ1v) is 5.28. The predicted molar refractivity (Wildman–Crippen MR) is 65.8 cm³/mol. The first-order chi connectivity index (χ1) is 8.27. The first kappa shape index (κ1) is 11.3. The molecule has 0 saturated heterocycles. The molecule has 0 bridgehead atoms. The highest BCUT2D eigenvalue weighted by molar-refractivity contribution is 5.83. The normalized spacial score (nSPS) is 10.9. The van der Waals surface area contributed by atoms with E-state index in [1.165, 1.54) is 6.07 Å². The molecule has 0 amide bonds. The standard InChI is InChI=1S/C14H12FNO/c15-13-7-3-1-5-11(13)9-16-10-12-6-2-4-8-14(12)17/h1-8,10,17H,9H2. The third-order valence-electron chi connectivity index (χ3n) is 2.39. The summed E-state index contributed by atoms with van der Waals surface area (Å²) in [6.45, 7) is 0.265. The van der Waals surface area contributed by atoms with Crippen LogP contribution in [-0.2, 0) is 6.54 Å². The quantitative estimate of drug-likeness (QED) is 0.806. The van der Waals surface area contributed by atoms with E-state index in [0.717, 1.165) is 0 Å². The van der Waals surface area contributed by atoms with E-state index in [1.54, 1.807) is 42.6 Å². The van der Waals surface area contributed by atoms with Crippen LogP contribution < -0.4 is 0 Å². The maximum Gasteiger partial charge on any atom is 0.128 e. The molecule has 17 heavy (non-hydrogen) atoms. The number of phenolic OH excluding ortho intramolecular Hbond substituents is 1. The van der Waals surface area contributed by atoms with Crippen molar-refractivity contribution in [3.63, 3.8) is 0 Å². The summed E-state index contributed by atoms with van der Waals surface area (Å²) in [5, 5.41) is 9.50. The molecule has 0 fully saturated rings. The van der Waals surface area contributed by atoms with E-state index < -0.39 is 0 Å². The van der Waals surface area contributed by atoms with Crippen molar-refractivity contribution in [1.29, 1.82) is 0 Å². The third kappa shape index (κ3) is 2.91. The molecule has 3 heteroatoms. The molecule has 0 aromatic heterocycles. The number of aliphatic imine (C=N–C) groups is 1. The van der Waals surface area contributed by atoms with Crippen molar-refractivity contribution >= 4 is 6.21 Å². The van der Waals surface area contributed by atoms with E-state index >= 15 is 0 Å². The Morgan fingerprint density at radius 2 is 1.76 bits per heavy atom. The highest BCUT2D eigenvalue weighted by Crippen LogP contribution is 2.13. The molecule has 0 atom stereocenters. The SMILES string of the molecule is Oc1ccccc1C=NCc1ccccc1F. The number of aromatic hydroxyl groups is 1. The summed E-state index contributed by atoms with van der Waals surface area (Å²) in [5.41, 5.74) is 1.17. The number of nitrogens with zero attached hydrogens (tertiary/aromatic N) is 1. The van der Waals surface area contributed by atoms with Gasteiger partial charge in [-0.3, -0.25) is 4.99 Å². The number of para-hydroxylation sites is 1. The topological polar surface area (TPSA) is 32.6 Å². The zero-order valence-corrected chi connectivity index (χ0v) is 9.18. The fourth-order valence-electron chi connectivity index (χ4n) is 1.47.